The molecule has 0 spiro atoms. The van der Waals surface area contributed by atoms with E-state index in [1.807, 2.05) is 36.4 Å². The highest BCUT2D eigenvalue weighted by Gasteiger charge is 2.25. The van der Waals surface area contributed by atoms with Gasteiger partial charge in [0, 0.05) is 26.6 Å². The van der Waals surface area contributed by atoms with Gasteiger partial charge in [-0.3, -0.25) is 9.36 Å². The van der Waals surface area contributed by atoms with Gasteiger partial charge >= 0.3 is 5.76 Å². The van der Waals surface area contributed by atoms with Gasteiger partial charge in [-0.1, -0.05) is 37.3 Å². The van der Waals surface area contributed by atoms with Crippen molar-refractivity contribution in [3.63, 3.8) is 0 Å². The summed E-state index contributed by atoms with van der Waals surface area (Å²) in [6.07, 6.45) is -0.194. The van der Waals surface area contributed by atoms with Gasteiger partial charge in [0.05, 0.1) is 18.2 Å². The number of hydrogen-bond acceptors (Lipinski definition) is 6. The second-order valence-corrected chi connectivity index (χ2v) is 8.29. The number of fused-ring (bicyclic) bond motifs is 1. The van der Waals surface area contributed by atoms with Crippen molar-refractivity contribution in [2.75, 3.05) is 19.7 Å². The Labute approximate surface area is 185 Å². The topological polar surface area (TPSA) is 109 Å². The molecule has 2 unspecified atom stereocenters. The van der Waals surface area contributed by atoms with Crippen molar-refractivity contribution < 1.29 is 13.9 Å². The summed E-state index contributed by atoms with van der Waals surface area (Å²) in [4.78, 5) is 24.2. The second-order valence-electron chi connectivity index (χ2n) is 8.29. The van der Waals surface area contributed by atoms with Gasteiger partial charge in [-0.15, -0.1) is 0 Å². The normalized spacial score (nSPS) is 19.8. The number of hydrogen-bond donors (Lipinski definition) is 2. The van der Waals surface area contributed by atoms with Crippen LogP contribution in [0.15, 0.2) is 51.7 Å². The maximum atomic E-state index is 12.5. The number of rotatable bonds is 5. The third-order valence-corrected chi connectivity index (χ3v) is 5.69. The van der Waals surface area contributed by atoms with Crippen molar-refractivity contribution in [2.24, 2.45) is 13.0 Å². The smallest absolute Gasteiger partial charge is 0.408 e. The van der Waals surface area contributed by atoms with Crippen LogP contribution < -0.4 is 16.4 Å². The van der Waals surface area contributed by atoms with E-state index in [1.165, 1.54) is 4.57 Å². The maximum Gasteiger partial charge on any atom is 0.419 e. The Morgan fingerprint density at radius 1 is 1.25 bits per heavy atom. The van der Waals surface area contributed by atoms with Crippen LogP contribution in [-0.2, 0) is 23.0 Å². The highest BCUT2D eigenvalue weighted by molar-refractivity contribution is 5.82. The molecule has 1 amide bonds. The van der Waals surface area contributed by atoms with Gasteiger partial charge in [-0.05, 0) is 34.7 Å². The second kappa shape index (κ2) is 9.39. The van der Waals surface area contributed by atoms with E-state index in [2.05, 4.69) is 23.6 Å². The molecule has 1 aliphatic heterocycles. The molecule has 3 aromatic rings. The molecule has 8 heteroatoms. The standard InChI is InChI=1S/C24H26N4O4/c1-15-12-26-13-22(31-14-15)23(29)27-19(11-25)9-16-3-5-17(6-4-16)18-7-8-21-20(10-18)28(2)24(30)32-21/h3-8,10,15,19,22,26H,9,12-14H2,1-2H3,(H,27,29)/t15?,19?,22-/m0/s1. The Balaban J connectivity index is 1.42. The molecule has 1 aromatic heterocycles. The molecule has 2 heterocycles. The fourth-order valence-corrected chi connectivity index (χ4v) is 3.80. The first-order valence-electron chi connectivity index (χ1n) is 10.7. The van der Waals surface area contributed by atoms with E-state index in [9.17, 15) is 14.9 Å². The van der Waals surface area contributed by atoms with Crippen molar-refractivity contribution in [2.45, 2.75) is 25.5 Å². The summed E-state index contributed by atoms with van der Waals surface area (Å²) in [5.74, 6) is -0.317. The predicted octanol–water partition coefficient (Wildman–Crippen LogP) is 1.97. The Morgan fingerprint density at radius 2 is 2.00 bits per heavy atom. The number of aromatic nitrogens is 1. The summed E-state index contributed by atoms with van der Waals surface area (Å²) in [5.41, 5.74) is 4.15. The van der Waals surface area contributed by atoms with E-state index in [-0.39, 0.29) is 5.91 Å². The van der Waals surface area contributed by atoms with E-state index < -0.39 is 17.9 Å². The highest BCUT2D eigenvalue weighted by atomic mass is 16.5. The summed E-state index contributed by atoms with van der Waals surface area (Å²) < 4.78 is 12.3. The molecule has 0 bridgehead atoms. The summed E-state index contributed by atoms with van der Waals surface area (Å²) in [7, 11) is 1.67. The third kappa shape index (κ3) is 4.74. The van der Waals surface area contributed by atoms with Gasteiger partial charge < -0.3 is 19.8 Å². The Morgan fingerprint density at radius 3 is 2.75 bits per heavy atom. The van der Waals surface area contributed by atoms with Gasteiger partial charge in [0.1, 0.15) is 12.1 Å². The average Bonchev–Trinajstić information content (AvgIpc) is 2.94. The number of nitrogens with one attached hydrogen (secondary N) is 2. The zero-order valence-electron chi connectivity index (χ0n) is 18.1. The molecule has 1 aliphatic rings. The number of carbonyl (C=O) groups excluding carboxylic acids is 1. The first-order valence-corrected chi connectivity index (χ1v) is 10.7. The van der Waals surface area contributed by atoms with Crippen LogP contribution in [0.5, 0.6) is 0 Å². The number of amides is 1. The molecule has 0 aliphatic carbocycles. The summed E-state index contributed by atoms with van der Waals surface area (Å²) in [6, 6.07) is 14.9. The number of nitrogens with zero attached hydrogens (tertiary/aromatic N) is 2. The zero-order chi connectivity index (χ0) is 22.7. The average molecular weight is 434 g/mol. The molecule has 1 saturated heterocycles. The van der Waals surface area contributed by atoms with E-state index in [0.29, 0.717) is 31.1 Å². The van der Waals surface area contributed by atoms with Gasteiger partial charge in [0.15, 0.2) is 5.58 Å². The summed E-state index contributed by atoms with van der Waals surface area (Å²) in [6.45, 7) is 3.82. The zero-order valence-corrected chi connectivity index (χ0v) is 18.1. The SMILES string of the molecule is CC1CNC[C@@H](C(=O)NC(C#N)Cc2ccc(-c3ccc4oc(=O)n(C)c4c3)cc2)OC1. The molecule has 2 aromatic carbocycles. The van der Waals surface area contributed by atoms with Crippen molar-refractivity contribution in [1.29, 1.82) is 5.26 Å². The summed E-state index contributed by atoms with van der Waals surface area (Å²) >= 11 is 0. The minimum atomic E-state index is -0.644. The summed E-state index contributed by atoms with van der Waals surface area (Å²) in [5, 5.41) is 15.5. The van der Waals surface area contributed by atoms with Crippen molar-refractivity contribution in [1.82, 2.24) is 15.2 Å². The fourth-order valence-electron chi connectivity index (χ4n) is 3.80. The lowest BCUT2D eigenvalue weighted by Crippen LogP contribution is -2.46. The Kier molecular flexibility index (Phi) is 6.40. The predicted molar refractivity (Wildman–Crippen MR) is 120 cm³/mol. The molecule has 1 fully saturated rings. The van der Waals surface area contributed by atoms with Crippen LogP contribution >= 0.6 is 0 Å². The number of benzene rings is 2. The van der Waals surface area contributed by atoms with E-state index >= 15 is 0 Å². The minimum absolute atomic E-state index is 0.270. The molecule has 8 nitrogen and oxygen atoms in total. The number of oxazole rings is 1. The molecule has 3 atom stereocenters. The van der Waals surface area contributed by atoms with Crippen molar-refractivity contribution in [3.8, 4) is 17.2 Å². The maximum absolute atomic E-state index is 12.5. The van der Waals surface area contributed by atoms with E-state index in [0.717, 1.165) is 28.8 Å². The Hall–Kier alpha value is -3.41. The van der Waals surface area contributed by atoms with E-state index in [4.69, 9.17) is 9.15 Å². The number of nitriles is 1. The third-order valence-electron chi connectivity index (χ3n) is 5.69. The van der Waals surface area contributed by atoms with Crippen LogP contribution in [0.1, 0.15) is 12.5 Å². The number of carbonyl (C=O) groups is 1. The van der Waals surface area contributed by atoms with Gasteiger partial charge in [-0.2, -0.15) is 5.26 Å². The number of ether oxygens (including phenoxy) is 1. The van der Waals surface area contributed by atoms with Crippen LogP contribution in [-0.4, -0.2) is 42.3 Å². The Bertz CT molecular complexity index is 1210. The quantitative estimate of drug-likeness (QED) is 0.636. The largest absolute Gasteiger partial charge is 0.419 e. The molecule has 2 N–H and O–H groups in total. The molecule has 0 radical (unpaired) electrons. The first kappa shape index (κ1) is 21.8. The fraction of sp³-hybridized carbons (Fsp3) is 0.375. The van der Waals surface area contributed by atoms with Gasteiger partial charge in [-0.25, -0.2) is 4.79 Å². The molecule has 0 saturated carbocycles. The van der Waals surface area contributed by atoms with Crippen molar-refractivity contribution in [3.05, 3.63) is 58.6 Å². The van der Waals surface area contributed by atoms with Crippen LogP contribution in [0.3, 0.4) is 0 Å². The minimum Gasteiger partial charge on any atom is -0.408 e. The van der Waals surface area contributed by atoms with Gasteiger partial charge in [0.25, 0.3) is 5.91 Å². The van der Waals surface area contributed by atoms with Crippen LogP contribution in [0.25, 0.3) is 22.2 Å². The van der Waals surface area contributed by atoms with Crippen LogP contribution in [0, 0.1) is 17.2 Å². The molecular weight excluding hydrogens is 408 g/mol. The van der Waals surface area contributed by atoms with E-state index in [1.54, 1.807) is 13.1 Å². The molecule has 4 rings (SSSR count). The molecular formula is C24H26N4O4. The molecule has 32 heavy (non-hydrogen) atoms. The van der Waals surface area contributed by atoms with Crippen LogP contribution in [0.4, 0.5) is 0 Å². The van der Waals surface area contributed by atoms with Gasteiger partial charge in [0.2, 0.25) is 0 Å². The lowest BCUT2D eigenvalue weighted by Gasteiger charge is -2.18. The highest BCUT2D eigenvalue weighted by Crippen LogP contribution is 2.24. The number of aryl methyl sites for hydroxylation is 1. The first-order chi connectivity index (χ1) is 15.4. The monoisotopic (exact) mass is 434 g/mol. The molecule has 166 valence electrons. The van der Waals surface area contributed by atoms with Crippen LogP contribution in [0.2, 0.25) is 0 Å². The van der Waals surface area contributed by atoms with Crippen molar-refractivity contribution >= 4 is 17.0 Å². The lowest BCUT2D eigenvalue weighted by molar-refractivity contribution is -0.132. The lowest BCUT2D eigenvalue weighted by atomic mass is 10.0.